The van der Waals surface area contributed by atoms with Gasteiger partial charge in [0.25, 0.3) is 5.91 Å². The monoisotopic (exact) mass is 258 g/mol. The van der Waals surface area contributed by atoms with E-state index in [9.17, 15) is 4.79 Å². The van der Waals surface area contributed by atoms with Crippen LogP contribution in [0.1, 0.15) is 10.4 Å². The Balaban J connectivity index is 2.75. The molecule has 0 aliphatic carbocycles. The molecule has 17 heavy (non-hydrogen) atoms. The number of halogens is 1. The Hall–Kier alpha value is -1.33. The largest absolute Gasteiger partial charge is 0.480 e. The molecule has 94 valence electrons. The summed E-state index contributed by atoms with van der Waals surface area (Å²) in [5, 5.41) is 2.74. The third kappa shape index (κ3) is 3.87. The molecule has 0 aliphatic rings. The summed E-state index contributed by atoms with van der Waals surface area (Å²) in [6, 6.07) is 3.07. The van der Waals surface area contributed by atoms with Crippen LogP contribution in [0.3, 0.4) is 0 Å². The number of hydrogen-bond acceptors (Lipinski definition) is 4. The van der Waals surface area contributed by atoms with Gasteiger partial charge in [0.1, 0.15) is 5.56 Å². The number of carbonyl (C=O) groups excluding carboxylic acids is 1. The Kier molecular flexibility index (Phi) is 5.72. The number of alkyl halides is 1. The maximum absolute atomic E-state index is 11.9. The molecule has 0 spiro atoms. The van der Waals surface area contributed by atoms with Crippen LogP contribution >= 0.6 is 11.6 Å². The average molecular weight is 259 g/mol. The summed E-state index contributed by atoms with van der Waals surface area (Å²) < 4.78 is 9.95. The average Bonchev–Trinajstić information content (AvgIpc) is 2.38. The van der Waals surface area contributed by atoms with Crippen molar-refractivity contribution in [1.82, 2.24) is 10.3 Å². The maximum atomic E-state index is 11.9. The molecule has 1 atom stereocenters. The molecular formula is C11H15ClN2O3. The summed E-state index contributed by atoms with van der Waals surface area (Å²) in [7, 11) is 3.02. The number of aromatic nitrogens is 1. The molecule has 0 saturated carbocycles. The van der Waals surface area contributed by atoms with Gasteiger partial charge in [-0.2, -0.15) is 0 Å². The highest BCUT2D eigenvalue weighted by molar-refractivity contribution is 6.18. The van der Waals surface area contributed by atoms with Crippen molar-refractivity contribution in [2.45, 2.75) is 6.04 Å². The summed E-state index contributed by atoms with van der Waals surface area (Å²) in [6.07, 6.45) is 1.56. The molecule has 1 N–H and O–H groups in total. The minimum atomic E-state index is -0.280. The topological polar surface area (TPSA) is 60.5 Å². The first-order valence-electron chi connectivity index (χ1n) is 5.07. The quantitative estimate of drug-likeness (QED) is 0.776. The highest BCUT2D eigenvalue weighted by Crippen LogP contribution is 2.13. The summed E-state index contributed by atoms with van der Waals surface area (Å²) in [5.74, 6) is 0.288. The zero-order chi connectivity index (χ0) is 12.7. The van der Waals surface area contributed by atoms with Gasteiger partial charge in [-0.3, -0.25) is 4.79 Å². The summed E-state index contributed by atoms with van der Waals surface area (Å²) in [6.45, 7) is 0.359. The Morgan fingerprint density at radius 1 is 1.59 bits per heavy atom. The lowest BCUT2D eigenvalue weighted by Crippen LogP contribution is -2.39. The lowest BCUT2D eigenvalue weighted by atomic mass is 10.2. The van der Waals surface area contributed by atoms with Crippen molar-refractivity contribution in [3.05, 3.63) is 23.9 Å². The van der Waals surface area contributed by atoms with Crippen molar-refractivity contribution >= 4 is 17.5 Å². The second kappa shape index (κ2) is 7.09. The third-order valence-electron chi connectivity index (χ3n) is 2.10. The lowest BCUT2D eigenvalue weighted by Gasteiger charge is -2.15. The lowest BCUT2D eigenvalue weighted by molar-refractivity contribution is 0.0903. The molecule has 1 aromatic rings. The summed E-state index contributed by atoms with van der Waals surface area (Å²) in [5.41, 5.74) is 0.376. The first kappa shape index (κ1) is 13.7. The molecule has 1 aromatic heterocycles. The molecule has 0 bridgehead atoms. The van der Waals surface area contributed by atoms with Crippen LogP contribution in [0, 0.1) is 0 Å². The fourth-order valence-electron chi connectivity index (χ4n) is 1.32. The zero-order valence-electron chi connectivity index (χ0n) is 9.77. The number of rotatable bonds is 6. The van der Waals surface area contributed by atoms with E-state index < -0.39 is 0 Å². The standard InChI is InChI=1S/C11H15ClN2O3/c1-16-7-8(6-12)14-10(15)9-4-3-5-13-11(9)17-2/h3-5,8H,6-7H2,1-2H3,(H,14,15). The fraction of sp³-hybridized carbons (Fsp3) is 0.455. The minimum Gasteiger partial charge on any atom is -0.480 e. The van der Waals surface area contributed by atoms with Gasteiger partial charge in [0.2, 0.25) is 5.88 Å². The molecule has 0 fully saturated rings. The predicted molar refractivity (Wildman–Crippen MR) is 64.6 cm³/mol. The molecule has 6 heteroatoms. The van der Waals surface area contributed by atoms with E-state index in [0.717, 1.165) is 0 Å². The number of nitrogens with zero attached hydrogens (tertiary/aromatic N) is 1. The van der Waals surface area contributed by atoms with Crippen LogP contribution in [-0.4, -0.2) is 43.6 Å². The highest BCUT2D eigenvalue weighted by Gasteiger charge is 2.16. The van der Waals surface area contributed by atoms with Crippen molar-refractivity contribution in [1.29, 1.82) is 0 Å². The molecular weight excluding hydrogens is 244 g/mol. The van der Waals surface area contributed by atoms with Crippen LogP contribution in [-0.2, 0) is 4.74 Å². The third-order valence-corrected chi connectivity index (χ3v) is 2.47. The Morgan fingerprint density at radius 2 is 2.35 bits per heavy atom. The number of hydrogen-bond donors (Lipinski definition) is 1. The van der Waals surface area contributed by atoms with Gasteiger partial charge in [-0.15, -0.1) is 11.6 Å². The van der Waals surface area contributed by atoms with Crippen molar-refractivity contribution in [3.63, 3.8) is 0 Å². The van der Waals surface area contributed by atoms with E-state index in [2.05, 4.69) is 10.3 Å². The van der Waals surface area contributed by atoms with Crippen molar-refractivity contribution in [3.8, 4) is 5.88 Å². The van der Waals surface area contributed by atoms with Gasteiger partial charge in [-0.05, 0) is 12.1 Å². The van der Waals surface area contributed by atoms with E-state index in [1.807, 2.05) is 0 Å². The predicted octanol–water partition coefficient (Wildman–Crippen LogP) is 1.07. The summed E-state index contributed by atoms with van der Waals surface area (Å²) >= 11 is 5.71. The van der Waals surface area contributed by atoms with Crippen molar-refractivity contribution in [2.75, 3.05) is 26.7 Å². The van der Waals surface area contributed by atoms with Gasteiger partial charge in [-0.25, -0.2) is 4.98 Å². The van der Waals surface area contributed by atoms with Crippen LogP contribution in [0.15, 0.2) is 18.3 Å². The first-order chi connectivity index (χ1) is 8.22. The number of ether oxygens (including phenoxy) is 2. The molecule has 0 aromatic carbocycles. The Bertz CT molecular complexity index is 373. The van der Waals surface area contributed by atoms with Gasteiger partial charge < -0.3 is 14.8 Å². The zero-order valence-corrected chi connectivity index (χ0v) is 10.5. The normalized spacial score (nSPS) is 11.9. The van der Waals surface area contributed by atoms with Gasteiger partial charge >= 0.3 is 0 Å². The van der Waals surface area contributed by atoms with Gasteiger partial charge in [-0.1, -0.05) is 0 Å². The van der Waals surface area contributed by atoms with Crippen LogP contribution < -0.4 is 10.1 Å². The van der Waals surface area contributed by atoms with Gasteiger partial charge in [0.05, 0.1) is 19.8 Å². The molecule has 1 unspecified atom stereocenters. The SMILES string of the molecule is COCC(CCl)NC(=O)c1cccnc1OC. The van der Waals surface area contributed by atoms with E-state index in [1.54, 1.807) is 25.4 Å². The van der Waals surface area contributed by atoms with E-state index in [4.69, 9.17) is 21.1 Å². The number of amides is 1. The van der Waals surface area contributed by atoms with Crippen molar-refractivity contribution < 1.29 is 14.3 Å². The van der Waals surface area contributed by atoms with Crippen LogP contribution in [0.5, 0.6) is 5.88 Å². The number of carbonyl (C=O) groups is 1. The summed E-state index contributed by atoms with van der Waals surface area (Å²) in [4.78, 5) is 15.9. The molecule has 1 amide bonds. The Morgan fingerprint density at radius 3 is 2.94 bits per heavy atom. The molecule has 0 aliphatic heterocycles. The molecule has 0 saturated heterocycles. The minimum absolute atomic E-state index is 0.237. The molecule has 1 rings (SSSR count). The first-order valence-corrected chi connectivity index (χ1v) is 5.61. The number of methoxy groups -OCH3 is 2. The fourth-order valence-corrected chi connectivity index (χ4v) is 1.48. The van der Waals surface area contributed by atoms with E-state index in [0.29, 0.717) is 12.2 Å². The highest BCUT2D eigenvalue weighted by atomic mass is 35.5. The van der Waals surface area contributed by atoms with Crippen LogP contribution in [0.4, 0.5) is 0 Å². The second-order valence-corrected chi connectivity index (χ2v) is 3.65. The van der Waals surface area contributed by atoms with E-state index >= 15 is 0 Å². The van der Waals surface area contributed by atoms with Gasteiger partial charge in [0.15, 0.2) is 0 Å². The van der Waals surface area contributed by atoms with E-state index in [1.165, 1.54) is 7.11 Å². The van der Waals surface area contributed by atoms with Gasteiger partial charge in [0, 0.05) is 19.2 Å². The molecule has 0 radical (unpaired) electrons. The van der Waals surface area contributed by atoms with Crippen LogP contribution in [0.2, 0.25) is 0 Å². The Labute approximate surface area is 105 Å². The second-order valence-electron chi connectivity index (χ2n) is 3.34. The smallest absolute Gasteiger partial charge is 0.257 e. The molecule has 1 heterocycles. The van der Waals surface area contributed by atoms with Crippen LogP contribution in [0.25, 0.3) is 0 Å². The maximum Gasteiger partial charge on any atom is 0.257 e. The van der Waals surface area contributed by atoms with Crippen molar-refractivity contribution in [2.24, 2.45) is 0 Å². The number of nitrogens with one attached hydrogen (secondary N) is 1. The van der Waals surface area contributed by atoms with E-state index in [-0.39, 0.29) is 23.7 Å². The molecule has 5 nitrogen and oxygen atoms in total. The number of pyridine rings is 1.